The molecule has 106 valence electrons. The first kappa shape index (κ1) is 14.6. The first-order valence-corrected chi connectivity index (χ1v) is 6.41. The lowest BCUT2D eigenvalue weighted by molar-refractivity contribution is -0.184. The van der Waals surface area contributed by atoms with E-state index in [9.17, 15) is 17.6 Å². The highest BCUT2D eigenvalue weighted by Crippen LogP contribution is 2.45. The molecule has 0 bridgehead atoms. The van der Waals surface area contributed by atoms with Gasteiger partial charge in [0.15, 0.2) is 0 Å². The van der Waals surface area contributed by atoms with Gasteiger partial charge in [-0.3, -0.25) is 0 Å². The number of halogens is 5. The van der Waals surface area contributed by atoms with Crippen LogP contribution in [0, 0.1) is 11.7 Å². The zero-order chi connectivity index (χ0) is 14.3. The number of hydrogen-bond acceptors (Lipinski definition) is 1. The van der Waals surface area contributed by atoms with Gasteiger partial charge >= 0.3 is 6.18 Å². The van der Waals surface area contributed by atoms with Crippen LogP contribution in [-0.4, -0.2) is 6.18 Å². The molecular weight excluding hydrogens is 282 g/mol. The lowest BCUT2D eigenvalue weighted by atomic mass is 9.73. The molecule has 0 heterocycles. The molecule has 0 spiro atoms. The smallest absolute Gasteiger partial charge is 0.321 e. The summed E-state index contributed by atoms with van der Waals surface area (Å²) < 4.78 is 51.1. The standard InChI is InChI=1S/C13H14ClF4N/c14-11-2-1-9(15)7-10(11)12(19)5-3-8(4-6-12)13(16,17)18/h1-2,7-8H,3-6,19H2. The molecular formula is C13H14ClF4N. The van der Waals surface area contributed by atoms with E-state index in [4.69, 9.17) is 17.3 Å². The molecule has 0 radical (unpaired) electrons. The van der Waals surface area contributed by atoms with Crippen molar-refractivity contribution >= 4 is 11.6 Å². The normalized spacial score (nSPS) is 28.4. The minimum absolute atomic E-state index is 0.0488. The van der Waals surface area contributed by atoms with E-state index in [1.54, 1.807) is 0 Å². The summed E-state index contributed by atoms with van der Waals surface area (Å²) in [5, 5.41) is 0.300. The van der Waals surface area contributed by atoms with Crippen molar-refractivity contribution in [1.82, 2.24) is 0 Å². The lowest BCUT2D eigenvalue weighted by Crippen LogP contribution is -2.43. The summed E-state index contributed by atoms with van der Waals surface area (Å²) in [5.41, 5.74) is 5.56. The maximum absolute atomic E-state index is 13.2. The number of rotatable bonds is 1. The minimum atomic E-state index is -4.19. The number of benzene rings is 1. The number of alkyl halides is 3. The second kappa shape index (κ2) is 4.94. The van der Waals surface area contributed by atoms with E-state index in [-0.39, 0.29) is 25.7 Å². The van der Waals surface area contributed by atoms with Gasteiger partial charge < -0.3 is 5.73 Å². The van der Waals surface area contributed by atoms with Crippen LogP contribution in [0.25, 0.3) is 0 Å². The van der Waals surface area contributed by atoms with Gasteiger partial charge in [-0.25, -0.2) is 4.39 Å². The van der Waals surface area contributed by atoms with Crippen molar-refractivity contribution in [1.29, 1.82) is 0 Å². The Hall–Kier alpha value is -0.810. The molecule has 1 aliphatic carbocycles. The van der Waals surface area contributed by atoms with Crippen molar-refractivity contribution in [2.24, 2.45) is 11.7 Å². The first-order valence-electron chi connectivity index (χ1n) is 6.03. The third-order valence-corrected chi connectivity index (χ3v) is 4.14. The largest absolute Gasteiger partial charge is 0.391 e. The average molecular weight is 296 g/mol. The molecule has 1 saturated carbocycles. The van der Waals surface area contributed by atoms with Gasteiger partial charge in [-0.1, -0.05) is 11.6 Å². The fraction of sp³-hybridized carbons (Fsp3) is 0.538. The molecule has 0 unspecified atom stereocenters. The second-order valence-electron chi connectivity index (χ2n) is 5.10. The van der Waals surface area contributed by atoms with Crippen LogP contribution in [0.5, 0.6) is 0 Å². The Labute approximate surface area is 113 Å². The number of hydrogen-bond donors (Lipinski definition) is 1. The number of nitrogens with two attached hydrogens (primary N) is 1. The van der Waals surface area contributed by atoms with Crippen LogP contribution in [0.2, 0.25) is 5.02 Å². The van der Waals surface area contributed by atoms with Gasteiger partial charge in [-0.2, -0.15) is 13.2 Å². The first-order chi connectivity index (χ1) is 8.72. The Kier molecular flexibility index (Phi) is 3.80. The summed E-state index contributed by atoms with van der Waals surface area (Å²) in [7, 11) is 0. The zero-order valence-corrected chi connectivity index (χ0v) is 10.9. The summed E-state index contributed by atoms with van der Waals surface area (Å²) in [4.78, 5) is 0. The van der Waals surface area contributed by atoms with Crippen molar-refractivity contribution in [2.75, 3.05) is 0 Å². The highest BCUT2D eigenvalue weighted by Gasteiger charge is 2.45. The van der Waals surface area contributed by atoms with Crippen LogP contribution < -0.4 is 5.73 Å². The van der Waals surface area contributed by atoms with Crippen LogP contribution in [0.15, 0.2) is 18.2 Å². The molecule has 1 nitrogen and oxygen atoms in total. The molecule has 1 aliphatic rings. The van der Waals surface area contributed by atoms with Crippen molar-refractivity contribution in [3.05, 3.63) is 34.6 Å². The molecule has 1 fully saturated rings. The second-order valence-corrected chi connectivity index (χ2v) is 5.50. The molecule has 2 N–H and O–H groups in total. The Balaban J connectivity index is 2.20. The van der Waals surface area contributed by atoms with E-state index >= 15 is 0 Å². The van der Waals surface area contributed by atoms with Crippen LogP contribution in [0.4, 0.5) is 17.6 Å². The van der Waals surface area contributed by atoms with Gasteiger partial charge in [-0.05, 0) is 49.4 Å². The van der Waals surface area contributed by atoms with E-state index in [1.807, 2.05) is 0 Å². The molecule has 0 aromatic heterocycles. The van der Waals surface area contributed by atoms with Gasteiger partial charge in [0.05, 0.1) is 5.92 Å². The summed E-state index contributed by atoms with van der Waals surface area (Å²) in [6.07, 6.45) is -3.98. The third kappa shape index (κ3) is 3.03. The van der Waals surface area contributed by atoms with Crippen LogP contribution in [-0.2, 0) is 5.54 Å². The van der Waals surface area contributed by atoms with Crippen LogP contribution >= 0.6 is 11.6 Å². The maximum atomic E-state index is 13.2. The van der Waals surface area contributed by atoms with Crippen LogP contribution in [0.3, 0.4) is 0 Å². The summed E-state index contributed by atoms with van der Waals surface area (Å²) in [5.74, 6) is -1.81. The molecule has 0 saturated heterocycles. The molecule has 0 amide bonds. The van der Waals surface area contributed by atoms with E-state index < -0.39 is 23.5 Å². The van der Waals surface area contributed by atoms with Gasteiger partial charge in [0.2, 0.25) is 0 Å². The van der Waals surface area contributed by atoms with Gasteiger partial charge in [0.1, 0.15) is 5.82 Å². The summed E-state index contributed by atoms with van der Waals surface area (Å²) in [6, 6.07) is 3.81. The molecule has 1 aromatic rings. The Morgan fingerprint density at radius 1 is 1.21 bits per heavy atom. The lowest BCUT2D eigenvalue weighted by Gasteiger charge is -2.38. The summed E-state index contributed by atoms with van der Waals surface area (Å²) >= 11 is 5.98. The van der Waals surface area contributed by atoms with Gasteiger partial charge in [0.25, 0.3) is 0 Å². The topological polar surface area (TPSA) is 26.0 Å². The quantitative estimate of drug-likeness (QED) is 0.764. The van der Waals surface area contributed by atoms with Crippen molar-refractivity contribution in [3.63, 3.8) is 0 Å². The Morgan fingerprint density at radius 3 is 2.32 bits per heavy atom. The van der Waals surface area contributed by atoms with Crippen molar-refractivity contribution in [2.45, 2.75) is 37.4 Å². The predicted octanol–water partition coefficient (Wildman–Crippen LogP) is 4.39. The molecule has 2 rings (SSSR count). The van der Waals surface area contributed by atoms with E-state index in [1.165, 1.54) is 18.2 Å². The Morgan fingerprint density at radius 2 is 1.79 bits per heavy atom. The monoisotopic (exact) mass is 295 g/mol. The molecule has 19 heavy (non-hydrogen) atoms. The van der Waals surface area contributed by atoms with Crippen molar-refractivity contribution < 1.29 is 17.6 Å². The van der Waals surface area contributed by atoms with Gasteiger partial charge in [0, 0.05) is 10.6 Å². The highest BCUT2D eigenvalue weighted by atomic mass is 35.5. The van der Waals surface area contributed by atoms with E-state index in [2.05, 4.69) is 0 Å². The third-order valence-electron chi connectivity index (χ3n) is 3.81. The van der Waals surface area contributed by atoms with Gasteiger partial charge in [-0.15, -0.1) is 0 Å². The fourth-order valence-electron chi connectivity index (χ4n) is 2.61. The Bertz CT molecular complexity index is 464. The van der Waals surface area contributed by atoms with Crippen molar-refractivity contribution in [3.8, 4) is 0 Å². The van der Waals surface area contributed by atoms with E-state index in [0.717, 1.165) is 0 Å². The minimum Gasteiger partial charge on any atom is -0.321 e. The molecule has 1 aromatic carbocycles. The average Bonchev–Trinajstić information content (AvgIpc) is 2.31. The zero-order valence-electron chi connectivity index (χ0n) is 10.1. The molecule has 0 atom stereocenters. The highest BCUT2D eigenvalue weighted by molar-refractivity contribution is 6.31. The molecule has 0 aliphatic heterocycles. The summed E-state index contributed by atoms with van der Waals surface area (Å²) in [6.45, 7) is 0. The molecule has 6 heteroatoms. The van der Waals surface area contributed by atoms with Crippen LogP contribution in [0.1, 0.15) is 31.2 Å². The SMILES string of the molecule is NC1(c2cc(F)ccc2Cl)CCC(C(F)(F)F)CC1. The van der Waals surface area contributed by atoms with E-state index in [0.29, 0.717) is 10.6 Å². The fourth-order valence-corrected chi connectivity index (χ4v) is 2.91. The maximum Gasteiger partial charge on any atom is 0.391 e. The predicted molar refractivity (Wildman–Crippen MR) is 65.3 cm³/mol.